The van der Waals surface area contributed by atoms with Crippen LogP contribution in [0.25, 0.3) is 0 Å². The first-order valence-corrected chi connectivity index (χ1v) is 5.23. The van der Waals surface area contributed by atoms with Gasteiger partial charge in [-0.1, -0.05) is 0 Å². The van der Waals surface area contributed by atoms with Gasteiger partial charge in [0.2, 0.25) is 0 Å². The van der Waals surface area contributed by atoms with Gasteiger partial charge in [-0.2, -0.15) is 0 Å². The summed E-state index contributed by atoms with van der Waals surface area (Å²) in [6.45, 7) is 0.368. The van der Waals surface area contributed by atoms with Crippen molar-refractivity contribution in [1.82, 2.24) is 4.98 Å². The smallest absolute Gasteiger partial charge is 0.292 e. The summed E-state index contributed by atoms with van der Waals surface area (Å²) < 4.78 is 13.1. The maximum atomic E-state index is 13.1. The van der Waals surface area contributed by atoms with Gasteiger partial charge >= 0.3 is 0 Å². The number of hydrogen-bond donors (Lipinski definition) is 1. The molecule has 0 radical (unpaired) electrons. The molecule has 92 valence electrons. The van der Waals surface area contributed by atoms with Gasteiger partial charge in [-0.25, -0.2) is 4.39 Å². The lowest BCUT2D eigenvalue weighted by Crippen LogP contribution is -2.03. The van der Waals surface area contributed by atoms with E-state index in [1.165, 1.54) is 0 Å². The molecular formula is C12H10FN3O2. The van der Waals surface area contributed by atoms with E-state index in [1.807, 2.05) is 0 Å². The number of benzene rings is 1. The maximum absolute atomic E-state index is 13.1. The second-order valence-electron chi connectivity index (χ2n) is 3.63. The molecule has 1 N–H and O–H groups in total. The van der Waals surface area contributed by atoms with Crippen molar-refractivity contribution in [2.24, 2.45) is 0 Å². The summed E-state index contributed by atoms with van der Waals surface area (Å²) in [5.41, 5.74) is 0.922. The van der Waals surface area contributed by atoms with Crippen molar-refractivity contribution in [3.63, 3.8) is 0 Å². The third-order valence-electron chi connectivity index (χ3n) is 2.39. The van der Waals surface area contributed by atoms with Gasteiger partial charge in [0, 0.05) is 31.1 Å². The van der Waals surface area contributed by atoms with Gasteiger partial charge in [-0.05, 0) is 23.8 Å². The Morgan fingerprint density at radius 2 is 2.00 bits per heavy atom. The van der Waals surface area contributed by atoms with Crippen LogP contribution in [0.4, 0.5) is 15.8 Å². The average molecular weight is 247 g/mol. The Labute approximate surface area is 102 Å². The topological polar surface area (TPSA) is 68.1 Å². The number of nitrogens with one attached hydrogen (secondary N) is 1. The summed E-state index contributed by atoms with van der Waals surface area (Å²) in [5.74, 6) is -0.516. The Balaban J connectivity index is 2.18. The van der Waals surface area contributed by atoms with Gasteiger partial charge in [0.25, 0.3) is 5.69 Å². The minimum Gasteiger partial charge on any atom is -0.375 e. The van der Waals surface area contributed by atoms with Gasteiger partial charge in [-0.15, -0.1) is 0 Å². The number of nitro groups is 1. The molecule has 0 aliphatic carbocycles. The molecule has 0 unspecified atom stereocenters. The van der Waals surface area contributed by atoms with E-state index in [-0.39, 0.29) is 11.4 Å². The Morgan fingerprint density at radius 1 is 1.28 bits per heavy atom. The third-order valence-corrected chi connectivity index (χ3v) is 2.39. The van der Waals surface area contributed by atoms with Crippen LogP contribution in [0, 0.1) is 15.9 Å². The molecule has 1 aromatic heterocycles. The quantitative estimate of drug-likeness (QED) is 0.666. The van der Waals surface area contributed by atoms with Crippen LogP contribution in [0.2, 0.25) is 0 Å². The number of aromatic nitrogens is 1. The lowest BCUT2D eigenvalue weighted by atomic mass is 10.2. The molecular weight excluding hydrogens is 237 g/mol. The Kier molecular flexibility index (Phi) is 3.47. The molecule has 0 amide bonds. The molecule has 0 atom stereocenters. The number of halogens is 1. The fourth-order valence-corrected chi connectivity index (χ4v) is 1.51. The first kappa shape index (κ1) is 12.0. The zero-order valence-electron chi connectivity index (χ0n) is 9.34. The summed E-state index contributed by atoms with van der Waals surface area (Å²) in [6.07, 6.45) is 3.24. The molecule has 0 spiro atoms. The number of nitrogens with zero attached hydrogens (tertiary/aromatic N) is 2. The van der Waals surface area contributed by atoms with E-state index in [0.29, 0.717) is 6.54 Å². The van der Waals surface area contributed by atoms with E-state index in [4.69, 9.17) is 0 Å². The number of pyridine rings is 1. The number of nitro benzene ring substituents is 1. The van der Waals surface area contributed by atoms with Gasteiger partial charge in [-0.3, -0.25) is 15.1 Å². The summed E-state index contributed by atoms with van der Waals surface area (Å²) in [5, 5.41) is 13.6. The molecule has 1 aromatic carbocycles. The summed E-state index contributed by atoms with van der Waals surface area (Å²) in [6, 6.07) is 6.87. The highest BCUT2D eigenvalue weighted by Crippen LogP contribution is 2.25. The Bertz CT molecular complexity index is 561. The zero-order valence-corrected chi connectivity index (χ0v) is 9.34. The van der Waals surface area contributed by atoms with Crippen molar-refractivity contribution in [2.75, 3.05) is 5.32 Å². The fourth-order valence-electron chi connectivity index (χ4n) is 1.51. The highest BCUT2D eigenvalue weighted by atomic mass is 19.1. The van der Waals surface area contributed by atoms with E-state index in [2.05, 4.69) is 10.3 Å². The Hall–Kier alpha value is -2.50. The lowest BCUT2D eigenvalue weighted by molar-refractivity contribution is -0.384. The van der Waals surface area contributed by atoms with E-state index in [9.17, 15) is 14.5 Å². The lowest BCUT2D eigenvalue weighted by Gasteiger charge is -2.07. The first-order chi connectivity index (χ1) is 8.66. The van der Waals surface area contributed by atoms with E-state index in [1.54, 1.807) is 24.5 Å². The molecule has 0 fully saturated rings. The highest BCUT2D eigenvalue weighted by molar-refractivity contribution is 5.61. The van der Waals surface area contributed by atoms with Crippen molar-refractivity contribution >= 4 is 11.4 Å². The van der Waals surface area contributed by atoms with Crippen molar-refractivity contribution in [3.05, 3.63) is 64.2 Å². The van der Waals surface area contributed by atoms with Gasteiger partial charge in [0.1, 0.15) is 11.5 Å². The Morgan fingerprint density at radius 3 is 2.67 bits per heavy atom. The molecule has 1 heterocycles. The summed E-state index contributed by atoms with van der Waals surface area (Å²) in [4.78, 5) is 14.1. The van der Waals surface area contributed by atoms with Crippen LogP contribution >= 0.6 is 0 Å². The van der Waals surface area contributed by atoms with Crippen molar-refractivity contribution in [3.8, 4) is 0 Å². The third kappa shape index (κ3) is 2.79. The SMILES string of the molecule is O=[N+]([O-])c1ccc(F)cc1NCc1ccncc1. The van der Waals surface area contributed by atoms with E-state index in [0.717, 1.165) is 23.8 Å². The minimum atomic E-state index is -0.547. The molecule has 0 aliphatic heterocycles. The molecule has 5 nitrogen and oxygen atoms in total. The van der Waals surface area contributed by atoms with Crippen LogP contribution < -0.4 is 5.32 Å². The monoisotopic (exact) mass is 247 g/mol. The van der Waals surface area contributed by atoms with Crippen molar-refractivity contribution in [2.45, 2.75) is 6.54 Å². The van der Waals surface area contributed by atoms with Crippen LogP contribution in [-0.4, -0.2) is 9.91 Å². The van der Waals surface area contributed by atoms with Crippen LogP contribution in [0.5, 0.6) is 0 Å². The summed E-state index contributed by atoms with van der Waals surface area (Å²) >= 11 is 0. The van der Waals surface area contributed by atoms with Crippen molar-refractivity contribution < 1.29 is 9.31 Å². The van der Waals surface area contributed by atoms with Gasteiger partial charge < -0.3 is 5.32 Å². The van der Waals surface area contributed by atoms with E-state index >= 15 is 0 Å². The number of rotatable bonds is 4. The van der Waals surface area contributed by atoms with Gasteiger partial charge in [0.15, 0.2) is 0 Å². The maximum Gasteiger partial charge on any atom is 0.292 e. The summed E-state index contributed by atoms with van der Waals surface area (Å²) in [7, 11) is 0. The molecule has 2 aromatic rings. The number of anilines is 1. The average Bonchev–Trinajstić information content (AvgIpc) is 2.37. The minimum absolute atomic E-state index is 0.148. The molecule has 0 saturated carbocycles. The highest BCUT2D eigenvalue weighted by Gasteiger charge is 2.13. The van der Waals surface area contributed by atoms with Crippen LogP contribution in [0.15, 0.2) is 42.7 Å². The molecule has 2 rings (SSSR count). The normalized spacial score (nSPS) is 10.1. The predicted molar refractivity (Wildman–Crippen MR) is 64.6 cm³/mol. The van der Waals surface area contributed by atoms with Crippen LogP contribution in [-0.2, 0) is 6.54 Å². The number of hydrogen-bond acceptors (Lipinski definition) is 4. The first-order valence-electron chi connectivity index (χ1n) is 5.23. The predicted octanol–water partition coefficient (Wildman–Crippen LogP) is 2.74. The molecule has 18 heavy (non-hydrogen) atoms. The van der Waals surface area contributed by atoms with E-state index < -0.39 is 10.7 Å². The molecule has 0 bridgehead atoms. The van der Waals surface area contributed by atoms with Crippen LogP contribution in [0.1, 0.15) is 5.56 Å². The molecule has 0 aliphatic rings. The fraction of sp³-hybridized carbons (Fsp3) is 0.0833. The second kappa shape index (κ2) is 5.22. The van der Waals surface area contributed by atoms with Gasteiger partial charge in [0.05, 0.1) is 4.92 Å². The standard InChI is InChI=1S/C12H10FN3O2/c13-10-1-2-12(16(17)18)11(7-10)15-8-9-3-5-14-6-4-9/h1-7,15H,8H2. The van der Waals surface area contributed by atoms with Crippen LogP contribution in [0.3, 0.4) is 0 Å². The molecule has 0 saturated heterocycles. The molecule has 6 heteroatoms. The zero-order chi connectivity index (χ0) is 13.0. The van der Waals surface area contributed by atoms with Crippen molar-refractivity contribution in [1.29, 1.82) is 0 Å². The second-order valence-corrected chi connectivity index (χ2v) is 3.63. The largest absolute Gasteiger partial charge is 0.375 e.